The van der Waals surface area contributed by atoms with E-state index in [2.05, 4.69) is 14.7 Å². The van der Waals surface area contributed by atoms with Crippen molar-refractivity contribution in [2.75, 3.05) is 4.72 Å². The van der Waals surface area contributed by atoms with Gasteiger partial charge in [-0.15, -0.1) is 0 Å². The highest BCUT2D eigenvalue weighted by Crippen LogP contribution is 2.31. The summed E-state index contributed by atoms with van der Waals surface area (Å²) in [7, 11) is -3.84. The fraction of sp³-hybridized carbons (Fsp3) is 0. The molecule has 0 atom stereocenters. The van der Waals surface area contributed by atoms with Gasteiger partial charge in [-0.1, -0.05) is 12.1 Å². The molecule has 0 saturated carbocycles. The van der Waals surface area contributed by atoms with E-state index in [1.807, 2.05) is 0 Å². The summed E-state index contributed by atoms with van der Waals surface area (Å²) < 4.78 is 33.4. The molecule has 4 rings (SSSR count). The van der Waals surface area contributed by atoms with Gasteiger partial charge in [-0.2, -0.15) is 4.98 Å². The fourth-order valence-corrected chi connectivity index (χ4v) is 3.55. The SMILES string of the molecule is O=S(=O)(Nc1ccccc1-c1nc2ncccc2o1)c1ccc(O)cc1. The van der Waals surface area contributed by atoms with Crippen LogP contribution < -0.4 is 4.72 Å². The lowest BCUT2D eigenvalue weighted by atomic mass is 10.2. The number of pyridine rings is 1. The Morgan fingerprint density at radius 2 is 1.73 bits per heavy atom. The molecule has 2 N–H and O–H groups in total. The molecule has 0 aliphatic heterocycles. The molecule has 0 saturated heterocycles. The van der Waals surface area contributed by atoms with E-state index in [0.29, 0.717) is 22.5 Å². The van der Waals surface area contributed by atoms with Crippen molar-refractivity contribution in [3.8, 4) is 17.2 Å². The standard InChI is InChI=1S/C18H13N3O4S/c22-12-7-9-13(10-8-12)26(23,24)21-15-5-2-1-4-14(15)18-20-17-16(25-18)6-3-11-19-17/h1-11,21-22H. The third kappa shape index (κ3) is 2.98. The summed E-state index contributed by atoms with van der Waals surface area (Å²) in [4.78, 5) is 8.46. The maximum absolute atomic E-state index is 12.6. The lowest BCUT2D eigenvalue weighted by molar-refractivity contribution is 0.475. The number of para-hydroxylation sites is 1. The molecule has 0 unspecified atom stereocenters. The quantitative estimate of drug-likeness (QED) is 0.573. The zero-order chi connectivity index (χ0) is 18.1. The lowest BCUT2D eigenvalue weighted by Gasteiger charge is -2.11. The van der Waals surface area contributed by atoms with E-state index in [4.69, 9.17) is 4.42 Å². The molecule has 130 valence electrons. The summed E-state index contributed by atoms with van der Waals surface area (Å²) in [5, 5.41) is 9.33. The topological polar surface area (TPSA) is 105 Å². The number of oxazole rings is 1. The maximum Gasteiger partial charge on any atom is 0.261 e. The molecule has 2 aromatic carbocycles. The van der Waals surface area contributed by atoms with Crippen LogP contribution >= 0.6 is 0 Å². The Morgan fingerprint density at radius 3 is 2.50 bits per heavy atom. The summed E-state index contributed by atoms with van der Waals surface area (Å²) in [6.45, 7) is 0. The highest BCUT2D eigenvalue weighted by atomic mass is 32.2. The summed E-state index contributed by atoms with van der Waals surface area (Å²) in [6.07, 6.45) is 1.61. The van der Waals surface area contributed by atoms with Crippen molar-refractivity contribution in [1.82, 2.24) is 9.97 Å². The molecule has 2 aromatic heterocycles. The second-order valence-electron chi connectivity index (χ2n) is 5.49. The van der Waals surface area contributed by atoms with Crippen LogP contribution in [0.2, 0.25) is 0 Å². The highest BCUT2D eigenvalue weighted by molar-refractivity contribution is 7.92. The zero-order valence-electron chi connectivity index (χ0n) is 13.3. The molecule has 2 heterocycles. The average molecular weight is 367 g/mol. The van der Waals surface area contributed by atoms with Crippen molar-refractivity contribution >= 4 is 26.9 Å². The van der Waals surface area contributed by atoms with E-state index < -0.39 is 10.0 Å². The largest absolute Gasteiger partial charge is 0.508 e. The molecular weight excluding hydrogens is 354 g/mol. The molecule has 4 aromatic rings. The van der Waals surface area contributed by atoms with Gasteiger partial charge in [-0.3, -0.25) is 4.72 Å². The van der Waals surface area contributed by atoms with E-state index in [-0.39, 0.29) is 16.5 Å². The molecule has 0 amide bonds. The number of aromatic hydroxyl groups is 1. The van der Waals surface area contributed by atoms with Crippen LogP contribution in [0, 0.1) is 0 Å². The molecular formula is C18H13N3O4S. The van der Waals surface area contributed by atoms with Gasteiger partial charge in [0, 0.05) is 6.20 Å². The van der Waals surface area contributed by atoms with Crippen molar-refractivity contribution in [2.24, 2.45) is 0 Å². The Hall–Kier alpha value is -3.39. The monoisotopic (exact) mass is 367 g/mol. The third-order valence-corrected chi connectivity index (χ3v) is 5.10. The predicted molar refractivity (Wildman–Crippen MR) is 96.2 cm³/mol. The van der Waals surface area contributed by atoms with E-state index in [0.717, 1.165) is 0 Å². The number of phenols is 1. The first-order valence-electron chi connectivity index (χ1n) is 7.66. The minimum atomic E-state index is -3.84. The van der Waals surface area contributed by atoms with Crippen molar-refractivity contribution < 1.29 is 17.9 Å². The zero-order valence-corrected chi connectivity index (χ0v) is 14.1. The minimum Gasteiger partial charge on any atom is -0.508 e. The summed E-state index contributed by atoms with van der Waals surface area (Å²) in [5.74, 6) is 0.256. The van der Waals surface area contributed by atoms with Crippen LogP contribution in [-0.2, 0) is 10.0 Å². The first-order valence-corrected chi connectivity index (χ1v) is 9.14. The van der Waals surface area contributed by atoms with Gasteiger partial charge in [0.2, 0.25) is 5.89 Å². The minimum absolute atomic E-state index is 0.0108. The van der Waals surface area contributed by atoms with E-state index in [9.17, 15) is 13.5 Å². The predicted octanol–water partition coefficient (Wildman–Crippen LogP) is 3.40. The summed E-state index contributed by atoms with van der Waals surface area (Å²) in [6, 6.07) is 15.5. The van der Waals surface area contributed by atoms with E-state index >= 15 is 0 Å². The smallest absolute Gasteiger partial charge is 0.261 e. The van der Waals surface area contributed by atoms with Crippen molar-refractivity contribution in [2.45, 2.75) is 4.90 Å². The normalized spacial score (nSPS) is 11.5. The number of sulfonamides is 1. The number of aromatic nitrogens is 2. The van der Waals surface area contributed by atoms with Gasteiger partial charge < -0.3 is 9.52 Å². The Balaban J connectivity index is 1.75. The van der Waals surface area contributed by atoms with Crippen LogP contribution in [-0.4, -0.2) is 23.5 Å². The fourth-order valence-electron chi connectivity index (χ4n) is 2.47. The van der Waals surface area contributed by atoms with E-state index in [1.54, 1.807) is 42.6 Å². The van der Waals surface area contributed by atoms with Crippen LogP contribution in [0.4, 0.5) is 5.69 Å². The number of rotatable bonds is 4. The maximum atomic E-state index is 12.6. The van der Waals surface area contributed by atoms with Crippen LogP contribution in [0.25, 0.3) is 22.7 Å². The Labute approximate surface area is 149 Å². The molecule has 0 bridgehead atoms. The molecule has 0 aliphatic rings. The van der Waals surface area contributed by atoms with Gasteiger partial charge in [0.25, 0.3) is 10.0 Å². The first kappa shape index (κ1) is 16.1. The number of nitrogens with one attached hydrogen (secondary N) is 1. The number of hydrogen-bond acceptors (Lipinski definition) is 6. The summed E-state index contributed by atoms with van der Waals surface area (Å²) >= 11 is 0. The molecule has 0 fully saturated rings. The van der Waals surface area contributed by atoms with Crippen molar-refractivity contribution in [3.63, 3.8) is 0 Å². The molecule has 0 aliphatic carbocycles. The number of anilines is 1. The van der Waals surface area contributed by atoms with Gasteiger partial charge in [0.1, 0.15) is 5.75 Å². The Bertz CT molecular complexity index is 1150. The van der Waals surface area contributed by atoms with Crippen molar-refractivity contribution in [3.05, 3.63) is 66.9 Å². The van der Waals surface area contributed by atoms with Gasteiger partial charge in [-0.05, 0) is 48.5 Å². The number of phenolic OH excluding ortho intramolecular Hbond substituents is 1. The molecule has 8 heteroatoms. The molecule has 0 radical (unpaired) electrons. The van der Waals surface area contributed by atoms with Gasteiger partial charge in [0.05, 0.1) is 16.1 Å². The molecule has 0 spiro atoms. The van der Waals surface area contributed by atoms with Crippen LogP contribution in [0.3, 0.4) is 0 Å². The summed E-state index contributed by atoms with van der Waals surface area (Å²) in [5.41, 5.74) is 1.78. The number of benzene rings is 2. The molecule has 7 nitrogen and oxygen atoms in total. The van der Waals surface area contributed by atoms with E-state index in [1.165, 1.54) is 24.3 Å². The van der Waals surface area contributed by atoms with Gasteiger partial charge in [0.15, 0.2) is 11.2 Å². The average Bonchev–Trinajstić information content (AvgIpc) is 3.06. The van der Waals surface area contributed by atoms with Gasteiger partial charge in [-0.25, -0.2) is 13.4 Å². The third-order valence-electron chi connectivity index (χ3n) is 3.71. The van der Waals surface area contributed by atoms with Crippen LogP contribution in [0.1, 0.15) is 0 Å². The van der Waals surface area contributed by atoms with Crippen LogP contribution in [0.5, 0.6) is 5.75 Å². The first-order chi connectivity index (χ1) is 12.5. The second-order valence-corrected chi connectivity index (χ2v) is 7.17. The Kier molecular flexibility index (Phi) is 3.81. The van der Waals surface area contributed by atoms with Gasteiger partial charge >= 0.3 is 0 Å². The van der Waals surface area contributed by atoms with Crippen molar-refractivity contribution in [1.29, 1.82) is 0 Å². The molecule has 26 heavy (non-hydrogen) atoms. The number of fused-ring (bicyclic) bond motifs is 1. The second kappa shape index (κ2) is 6.16. The van der Waals surface area contributed by atoms with Crippen LogP contribution in [0.15, 0.2) is 76.2 Å². The lowest BCUT2D eigenvalue weighted by Crippen LogP contribution is -2.13. The number of nitrogens with zero attached hydrogens (tertiary/aromatic N) is 2. The Morgan fingerprint density at radius 1 is 0.962 bits per heavy atom. The number of hydrogen-bond donors (Lipinski definition) is 2. The highest BCUT2D eigenvalue weighted by Gasteiger charge is 2.19.